The molecular weight excluding hydrogens is 461 g/mol. The fourth-order valence-electron chi connectivity index (χ4n) is 3.25. The van der Waals surface area contributed by atoms with Gasteiger partial charge in [-0.25, -0.2) is 8.42 Å². The number of sulfonamides is 1. The molecule has 8 nitrogen and oxygen atoms in total. The van der Waals surface area contributed by atoms with Crippen molar-refractivity contribution < 1.29 is 31.4 Å². The molecule has 0 unspecified atom stereocenters. The summed E-state index contributed by atoms with van der Waals surface area (Å²) in [6.45, 7) is 2.94. The molecule has 0 amide bonds. The molecule has 0 saturated heterocycles. The zero-order valence-electron chi connectivity index (χ0n) is 17.8. The number of nitrogens with zero attached hydrogens (tertiary/aromatic N) is 1. The topological polar surface area (TPSA) is 116 Å². The molecule has 33 heavy (non-hydrogen) atoms. The summed E-state index contributed by atoms with van der Waals surface area (Å²) in [7, 11) is -4.59. The lowest BCUT2D eigenvalue weighted by molar-refractivity contribution is -0.106. The number of ether oxygens (including phenoxy) is 1. The van der Waals surface area contributed by atoms with E-state index in [0.29, 0.717) is 24.5 Å². The predicted octanol–water partition coefficient (Wildman–Crippen LogP) is 3.13. The fourth-order valence-corrected chi connectivity index (χ4v) is 4.24. The Morgan fingerprint density at radius 2 is 2.00 bits per heavy atom. The number of aliphatic hydroxyl groups is 1. The van der Waals surface area contributed by atoms with E-state index in [9.17, 15) is 26.7 Å². The van der Waals surface area contributed by atoms with E-state index in [-0.39, 0.29) is 12.2 Å². The Morgan fingerprint density at radius 3 is 2.73 bits per heavy atom. The summed E-state index contributed by atoms with van der Waals surface area (Å²) in [4.78, 5) is 0. The maximum atomic E-state index is 12.4. The Morgan fingerprint density at radius 1 is 1.21 bits per heavy atom. The van der Waals surface area contributed by atoms with Gasteiger partial charge in [-0.3, -0.25) is 9.82 Å². The van der Waals surface area contributed by atoms with E-state index in [0.717, 1.165) is 23.0 Å². The van der Waals surface area contributed by atoms with Crippen molar-refractivity contribution in [3.05, 3.63) is 53.7 Å². The number of nitrogens with one attached hydrogen (secondary N) is 3. The van der Waals surface area contributed by atoms with Crippen LogP contribution in [-0.2, 0) is 16.4 Å². The van der Waals surface area contributed by atoms with Gasteiger partial charge in [0.05, 0.1) is 17.3 Å². The number of hydrogen-bond donors (Lipinski definition) is 4. The van der Waals surface area contributed by atoms with Crippen LogP contribution < -0.4 is 14.8 Å². The SMILES string of the molecule is CCc1n[nH]c2cc(OCCNC[C@H](O)c3cccc(NS(=O)(=O)CC(F)(F)F)c3)ccc12. The number of anilines is 1. The van der Waals surface area contributed by atoms with E-state index in [1.165, 1.54) is 18.2 Å². The number of halogens is 3. The van der Waals surface area contributed by atoms with Gasteiger partial charge in [0.15, 0.2) is 5.75 Å². The van der Waals surface area contributed by atoms with Crippen molar-refractivity contribution >= 4 is 26.6 Å². The van der Waals surface area contributed by atoms with Crippen LogP contribution in [0.4, 0.5) is 18.9 Å². The maximum Gasteiger partial charge on any atom is 0.404 e. The molecular formula is C21H25F3N4O4S. The third-order valence-corrected chi connectivity index (χ3v) is 5.99. The van der Waals surface area contributed by atoms with Gasteiger partial charge in [0, 0.05) is 30.2 Å². The second-order valence-electron chi connectivity index (χ2n) is 7.40. The summed E-state index contributed by atoms with van der Waals surface area (Å²) in [6.07, 6.45) is -5.02. The lowest BCUT2D eigenvalue weighted by Gasteiger charge is -2.15. The standard InChI is InChI=1S/C21H25F3N4O4S/c1-2-18-17-7-6-16(11-19(17)27-26-18)32-9-8-25-12-20(29)14-4-3-5-15(10-14)28-33(30,31)13-21(22,23)24/h3-7,10-11,20,25,28-29H,2,8-9,12-13H2,1H3,(H,26,27)/t20-/m0/s1. The molecule has 12 heteroatoms. The summed E-state index contributed by atoms with van der Waals surface area (Å²) in [5.41, 5.74) is 2.18. The van der Waals surface area contributed by atoms with E-state index < -0.39 is 28.1 Å². The third kappa shape index (κ3) is 7.34. The average molecular weight is 487 g/mol. The van der Waals surface area contributed by atoms with E-state index in [2.05, 4.69) is 15.5 Å². The fraction of sp³-hybridized carbons (Fsp3) is 0.381. The van der Waals surface area contributed by atoms with Crippen LogP contribution in [0.5, 0.6) is 5.75 Å². The number of fused-ring (bicyclic) bond motifs is 1. The normalized spacial score (nSPS) is 13.2. The highest BCUT2D eigenvalue weighted by molar-refractivity contribution is 7.92. The molecule has 0 saturated carbocycles. The number of alkyl halides is 3. The first-order chi connectivity index (χ1) is 15.6. The molecule has 0 fully saturated rings. The van der Waals surface area contributed by atoms with Crippen molar-refractivity contribution in [3.8, 4) is 5.75 Å². The van der Waals surface area contributed by atoms with Crippen molar-refractivity contribution in [3.63, 3.8) is 0 Å². The number of hydrogen-bond acceptors (Lipinski definition) is 6. The molecule has 3 rings (SSSR count). The highest BCUT2D eigenvalue weighted by Crippen LogP contribution is 2.23. The lowest BCUT2D eigenvalue weighted by Crippen LogP contribution is -2.28. The number of benzene rings is 2. The zero-order valence-corrected chi connectivity index (χ0v) is 18.6. The molecule has 180 valence electrons. The van der Waals surface area contributed by atoms with Crippen molar-refractivity contribution in [1.82, 2.24) is 15.5 Å². The molecule has 0 radical (unpaired) electrons. The van der Waals surface area contributed by atoms with Crippen LogP contribution in [0.15, 0.2) is 42.5 Å². The Bertz CT molecular complexity index is 1180. The molecule has 1 atom stereocenters. The molecule has 0 bridgehead atoms. The number of H-pyrrole nitrogens is 1. The minimum absolute atomic E-state index is 0.0560. The van der Waals surface area contributed by atoms with Crippen molar-refractivity contribution in [1.29, 1.82) is 0 Å². The number of aromatic nitrogens is 2. The summed E-state index contributed by atoms with van der Waals surface area (Å²) in [5, 5.41) is 21.6. The van der Waals surface area contributed by atoms with Crippen molar-refractivity contribution in [2.75, 3.05) is 30.2 Å². The third-order valence-electron chi connectivity index (χ3n) is 4.73. The van der Waals surface area contributed by atoms with Crippen LogP contribution in [0.3, 0.4) is 0 Å². The van der Waals surface area contributed by atoms with Gasteiger partial charge in [-0.2, -0.15) is 18.3 Å². The highest BCUT2D eigenvalue weighted by atomic mass is 32.2. The summed E-state index contributed by atoms with van der Waals surface area (Å²) in [5.74, 6) is -1.31. The molecule has 1 aromatic heterocycles. The van der Waals surface area contributed by atoms with Gasteiger partial charge < -0.3 is 15.2 Å². The Hall–Kier alpha value is -2.83. The van der Waals surface area contributed by atoms with E-state index >= 15 is 0 Å². The Balaban J connectivity index is 1.46. The van der Waals surface area contributed by atoms with Gasteiger partial charge in [-0.05, 0) is 36.2 Å². The number of rotatable bonds is 11. The molecule has 2 aromatic carbocycles. The molecule has 1 heterocycles. The first-order valence-electron chi connectivity index (χ1n) is 10.2. The maximum absolute atomic E-state index is 12.4. The first kappa shape index (κ1) is 24.8. The van der Waals surface area contributed by atoms with E-state index in [4.69, 9.17) is 4.74 Å². The number of aromatic amines is 1. The molecule has 0 spiro atoms. The second-order valence-corrected chi connectivity index (χ2v) is 9.12. The molecule has 0 aliphatic rings. The van der Waals surface area contributed by atoms with Gasteiger partial charge in [0.25, 0.3) is 0 Å². The van der Waals surface area contributed by atoms with E-state index in [1.54, 1.807) is 6.07 Å². The molecule has 0 aliphatic carbocycles. The van der Waals surface area contributed by atoms with Crippen molar-refractivity contribution in [2.24, 2.45) is 0 Å². The predicted molar refractivity (Wildman–Crippen MR) is 119 cm³/mol. The Kier molecular flexibility index (Phi) is 7.82. The molecule has 3 aromatic rings. The average Bonchev–Trinajstić information content (AvgIpc) is 3.13. The van der Waals surface area contributed by atoms with Crippen LogP contribution in [0.2, 0.25) is 0 Å². The summed E-state index contributed by atoms with van der Waals surface area (Å²) in [6, 6.07) is 11.3. The molecule has 0 aliphatic heterocycles. The summed E-state index contributed by atoms with van der Waals surface area (Å²) >= 11 is 0. The lowest BCUT2D eigenvalue weighted by atomic mass is 10.1. The van der Waals surface area contributed by atoms with Crippen molar-refractivity contribution in [2.45, 2.75) is 25.6 Å². The van der Waals surface area contributed by atoms with Gasteiger partial charge >= 0.3 is 6.18 Å². The van der Waals surface area contributed by atoms with Crippen LogP contribution in [-0.4, -0.2) is 55.3 Å². The summed E-state index contributed by atoms with van der Waals surface area (Å²) < 4.78 is 67.9. The first-order valence-corrected chi connectivity index (χ1v) is 11.9. The van der Waals surface area contributed by atoms with Gasteiger partial charge in [-0.1, -0.05) is 19.1 Å². The Labute approximate surface area is 189 Å². The minimum atomic E-state index is -4.85. The zero-order chi connectivity index (χ0) is 24.1. The van der Waals surface area contributed by atoms with Crippen LogP contribution in [0.25, 0.3) is 10.9 Å². The highest BCUT2D eigenvalue weighted by Gasteiger charge is 2.35. The van der Waals surface area contributed by atoms with Crippen LogP contribution in [0, 0.1) is 0 Å². The van der Waals surface area contributed by atoms with Crippen LogP contribution >= 0.6 is 0 Å². The smallest absolute Gasteiger partial charge is 0.404 e. The van der Waals surface area contributed by atoms with Crippen LogP contribution in [0.1, 0.15) is 24.3 Å². The number of aryl methyl sites for hydroxylation is 1. The van der Waals surface area contributed by atoms with Gasteiger partial charge in [0.1, 0.15) is 12.4 Å². The van der Waals surface area contributed by atoms with Gasteiger partial charge in [-0.15, -0.1) is 0 Å². The largest absolute Gasteiger partial charge is 0.492 e. The quantitative estimate of drug-likeness (QED) is 0.310. The molecule has 4 N–H and O–H groups in total. The van der Waals surface area contributed by atoms with E-state index in [1.807, 2.05) is 29.8 Å². The monoisotopic (exact) mass is 486 g/mol. The minimum Gasteiger partial charge on any atom is -0.492 e. The van der Waals surface area contributed by atoms with Gasteiger partial charge in [0.2, 0.25) is 10.0 Å². The number of aliphatic hydroxyl groups excluding tert-OH is 1. The second kappa shape index (κ2) is 10.4.